The van der Waals surface area contributed by atoms with Gasteiger partial charge in [-0.2, -0.15) is 0 Å². The number of hydrogen-bond donors (Lipinski definition) is 2. The number of ketones is 1. The summed E-state index contributed by atoms with van der Waals surface area (Å²) >= 11 is 0. The number of fused-ring (bicyclic) bond motifs is 2. The highest BCUT2D eigenvalue weighted by atomic mass is 16.5. The lowest BCUT2D eigenvalue weighted by Gasteiger charge is -2.34. The van der Waals surface area contributed by atoms with E-state index in [9.17, 15) is 19.5 Å². The molecule has 1 saturated heterocycles. The minimum absolute atomic E-state index is 0.152. The first-order valence-electron chi connectivity index (χ1n) is 12.6. The summed E-state index contributed by atoms with van der Waals surface area (Å²) < 4.78 is 11.1. The number of carbonyl (C=O) groups excluding carboxylic acids is 2. The van der Waals surface area contributed by atoms with E-state index in [0.717, 1.165) is 18.5 Å². The van der Waals surface area contributed by atoms with Crippen molar-refractivity contribution in [3.05, 3.63) is 71.3 Å². The molecular formula is C29H25N3O6. The van der Waals surface area contributed by atoms with Gasteiger partial charge in [0.2, 0.25) is 0 Å². The Morgan fingerprint density at radius 2 is 1.92 bits per heavy atom. The number of piperidine rings is 1. The molecule has 4 aromatic rings. The molecule has 0 radical (unpaired) electrons. The van der Waals surface area contributed by atoms with E-state index in [4.69, 9.17) is 9.26 Å². The molecule has 2 aliphatic rings. The number of aromatic nitrogens is 1. The summed E-state index contributed by atoms with van der Waals surface area (Å²) in [6.45, 7) is 3.31. The maximum atomic E-state index is 13.8. The Morgan fingerprint density at radius 1 is 1.16 bits per heavy atom. The number of carbonyl (C=O) groups is 3. The van der Waals surface area contributed by atoms with Gasteiger partial charge in [0, 0.05) is 29.9 Å². The number of aromatic carboxylic acids is 1. The molecule has 9 nitrogen and oxygen atoms in total. The molecule has 2 N–H and O–H groups in total. The first kappa shape index (κ1) is 23.7. The van der Waals surface area contributed by atoms with Gasteiger partial charge in [-0.1, -0.05) is 29.4 Å². The van der Waals surface area contributed by atoms with Crippen molar-refractivity contribution >= 4 is 45.7 Å². The average molecular weight is 512 g/mol. The lowest BCUT2D eigenvalue weighted by molar-refractivity contribution is -0.148. The number of nitrogens with one attached hydrogen (secondary N) is 1. The van der Waals surface area contributed by atoms with E-state index in [1.807, 2.05) is 24.3 Å². The molecule has 1 aliphatic heterocycles. The molecule has 0 amide bonds. The van der Waals surface area contributed by atoms with E-state index >= 15 is 0 Å². The van der Waals surface area contributed by atoms with Crippen molar-refractivity contribution in [2.24, 2.45) is 5.92 Å². The smallest absolute Gasteiger partial charge is 0.335 e. The number of benzene rings is 3. The zero-order valence-electron chi connectivity index (χ0n) is 20.7. The zero-order chi connectivity index (χ0) is 26.4. The van der Waals surface area contributed by atoms with E-state index in [1.54, 1.807) is 25.1 Å². The summed E-state index contributed by atoms with van der Waals surface area (Å²) in [6, 6.07) is 15.5. The van der Waals surface area contributed by atoms with Gasteiger partial charge < -0.3 is 24.6 Å². The fourth-order valence-electron chi connectivity index (χ4n) is 5.38. The van der Waals surface area contributed by atoms with E-state index in [-0.39, 0.29) is 23.2 Å². The number of carboxylic acid groups (broad SMARTS) is 1. The largest absolute Gasteiger partial charge is 0.478 e. The van der Waals surface area contributed by atoms with Crippen molar-refractivity contribution in [2.45, 2.75) is 19.8 Å². The van der Waals surface area contributed by atoms with E-state index in [0.29, 0.717) is 64.4 Å². The predicted molar refractivity (Wildman–Crippen MR) is 141 cm³/mol. The molecule has 192 valence electrons. The van der Waals surface area contributed by atoms with Crippen LogP contribution in [-0.2, 0) is 9.53 Å². The van der Waals surface area contributed by atoms with Crippen LogP contribution in [0, 0.1) is 5.92 Å². The number of carboxylic acids is 1. The third kappa shape index (κ3) is 3.87. The summed E-state index contributed by atoms with van der Waals surface area (Å²) in [7, 11) is 0. The maximum absolute atomic E-state index is 13.8. The van der Waals surface area contributed by atoms with Crippen LogP contribution in [0.15, 0.2) is 59.1 Å². The van der Waals surface area contributed by atoms with Crippen LogP contribution in [0.1, 0.15) is 46.0 Å². The number of ether oxygens (including phenoxy) is 1. The Hall–Kier alpha value is -4.66. The van der Waals surface area contributed by atoms with E-state index in [2.05, 4.69) is 15.4 Å². The van der Waals surface area contributed by atoms with Crippen LogP contribution in [0.4, 0.5) is 17.1 Å². The van der Waals surface area contributed by atoms with Crippen molar-refractivity contribution in [1.29, 1.82) is 0 Å². The molecule has 1 aliphatic carbocycles. The van der Waals surface area contributed by atoms with Crippen LogP contribution >= 0.6 is 0 Å². The Kier molecular flexibility index (Phi) is 5.83. The highest BCUT2D eigenvalue weighted by Crippen LogP contribution is 2.46. The molecule has 1 unspecified atom stereocenters. The van der Waals surface area contributed by atoms with Gasteiger partial charge in [-0.3, -0.25) is 9.59 Å². The average Bonchev–Trinajstić information content (AvgIpc) is 3.38. The van der Waals surface area contributed by atoms with Gasteiger partial charge in [-0.25, -0.2) is 4.79 Å². The summed E-state index contributed by atoms with van der Waals surface area (Å²) in [6.07, 6.45) is 1.55. The topological polar surface area (TPSA) is 122 Å². The fraction of sp³-hybridized carbons (Fsp3) is 0.241. The van der Waals surface area contributed by atoms with Crippen LogP contribution in [0.2, 0.25) is 0 Å². The van der Waals surface area contributed by atoms with Gasteiger partial charge >= 0.3 is 11.9 Å². The first-order chi connectivity index (χ1) is 18.5. The number of rotatable bonds is 6. The molecule has 1 atom stereocenters. The molecule has 9 heteroatoms. The van der Waals surface area contributed by atoms with E-state index < -0.39 is 5.97 Å². The molecule has 2 heterocycles. The lowest BCUT2D eigenvalue weighted by atomic mass is 9.86. The zero-order valence-corrected chi connectivity index (χ0v) is 20.7. The third-order valence-electron chi connectivity index (χ3n) is 7.17. The van der Waals surface area contributed by atoms with Crippen LogP contribution < -0.4 is 10.2 Å². The van der Waals surface area contributed by atoms with Crippen LogP contribution in [-0.4, -0.2) is 47.7 Å². The van der Waals surface area contributed by atoms with Gasteiger partial charge in [-0.05, 0) is 50.1 Å². The molecule has 0 saturated carbocycles. The van der Waals surface area contributed by atoms with Crippen molar-refractivity contribution in [3.8, 4) is 11.3 Å². The van der Waals surface area contributed by atoms with E-state index in [1.165, 1.54) is 12.1 Å². The molecule has 38 heavy (non-hydrogen) atoms. The molecule has 1 aromatic heterocycles. The van der Waals surface area contributed by atoms with Crippen molar-refractivity contribution in [3.63, 3.8) is 0 Å². The molecule has 0 bridgehead atoms. The molecule has 0 spiro atoms. The number of anilines is 3. The highest BCUT2D eigenvalue weighted by molar-refractivity contribution is 6.28. The Labute approximate surface area is 218 Å². The van der Waals surface area contributed by atoms with Gasteiger partial charge in [-0.15, -0.1) is 0 Å². The van der Waals surface area contributed by atoms with Gasteiger partial charge in [0.1, 0.15) is 5.52 Å². The Bertz CT molecular complexity index is 1590. The van der Waals surface area contributed by atoms with Crippen LogP contribution in [0.3, 0.4) is 0 Å². The number of esters is 1. The Balaban J connectivity index is 1.50. The summed E-state index contributed by atoms with van der Waals surface area (Å²) in [4.78, 5) is 39.7. The second-order valence-electron chi connectivity index (χ2n) is 9.47. The summed E-state index contributed by atoms with van der Waals surface area (Å²) in [5.41, 5.74) is 4.32. The van der Waals surface area contributed by atoms with Gasteiger partial charge in [0.05, 0.1) is 40.4 Å². The number of hydrogen-bond acceptors (Lipinski definition) is 8. The minimum atomic E-state index is -1.02. The predicted octanol–water partition coefficient (Wildman–Crippen LogP) is 5.26. The maximum Gasteiger partial charge on any atom is 0.335 e. The molecule has 6 rings (SSSR count). The second-order valence-corrected chi connectivity index (χ2v) is 9.47. The fourth-order valence-corrected chi connectivity index (χ4v) is 5.38. The Morgan fingerprint density at radius 3 is 2.66 bits per heavy atom. The second kappa shape index (κ2) is 9.33. The van der Waals surface area contributed by atoms with Crippen molar-refractivity contribution in [2.75, 3.05) is 29.9 Å². The molecule has 1 fully saturated rings. The van der Waals surface area contributed by atoms with Gasteiger partial charge in [0.15, 0.2) is 11.5 Å². The lowest BCUT2D eigenvalue weighted by Crippen LogP contribution is -2.39. The first-order valence-corrected chi connectivity index (χ1v) is 12.6. The van der Waals surface area contributed by atoms with Gasteiger partial charge in [0.25, 0.3) is 0 Å². The van der Waals surface area contributed by atoms with Crippen molar-refractivity contribution in [1.82, 2.24) is 5.16 Å². The quantitative estimate of drug-likeness (QED) is 0.294. The highest BCUT2D eigenvalue weighted by Gasteiger charge is 2.35. The normalized spacial score (nSPS) is 16.3. The van der Waals surface area contributed by atoms with Crippen LogP contribution in [0.5, 0.6) is 0 Å². The standard InChI is InChI=1S/C29H25N3O6/c1-2-37-29(36)17-6-5-13-32(15-17)22-14-21(30-18-11-9-16(10-12-18)28(34)35)23-24-25(22)31-38-27(24)20-8-4-3-7-19(20)26(23)33/h3-4,7-12,14,17,30H,2,5-6,13,15H2,1H3,(H,34,35). The van der Waals surface area contributed by atoms with Crippen molar-refractivity contribution < 1.29 is 28.8 Å². The third-order valence-corrected chi connectivity index (χ3v) is 7.17. The van der Waals surface area contributed by atoms with Crippen LogP contribution in [0.25, 0.3) is 22.2 Å². The molecular weight excluding hydrogens is 486 g/mol. The molecule has 3 aromatic carbocycles. The minimum Gasteiger partial charge on any atom is -0.478 e. The summed E-state index contributed by atoms with van der Waals surface area (Å²) in [5.74, 6) is -1.12. The SMILES string of the molecule is CCOC(=O)C1CCCN(c2cc(Nc3ccc(C(=O)O)cc3)c3c4c(onc24)-c2ccccc2C3=O)C1. The summed E-state index contributed by atoms with van der Waals surface area (Å²) in [5, 5.41) is 17.6. The number of nitrogens with zero attached hydrogens (tertiary/aromatic N) is 2. The monoisotopic (exact) mass is 511 g/mol.